The molecule has 0 saturated heterocycles. The third kappa shape index (κ3) is 9.62. The van der Waals surface area contributed by atoms with Crippen LogP contribution in [0.5, 0.6) is 0 Å². The van der Waals surface area contributed by atoms with Gasteiger partial charge in [0.1, 0.15) is 0 Å². The second-order valence-electron chi connectivity index (χ2n) is 1.33. The molecule has 5 N–H and O–H groups in total. The van der Waals surface area contributed by atoms with Crippen LogP contribution >= 0.6 is 0 Å². The van der Waals surface area contributed by atoms with Crippen LogP contribution in [-0.2, 0) is 16.5 Å². The summed E-state index contributed by atoms with van der Waals surface area (Å²) in [6.45, 7) is 3.13. The summed E-state index contributed by atoms with van der Waals surface area (Å²) >= 11 is 0. The predicted octanol–water partition coefficient (Wildman–Crippen LogP) is -1.51. The van der Waals surface area contributed by atoms with Gasteiger partial charge in [0.05, 0.1) is 0 Å². The summed E-state index contributed by atoms with van der Waals surface area (Å²) in [6.07, 6.45) is 0. The Morgan fingerprint density at radius 1 is 1.00 bits per heavy atom. The Hall–Kier alpha value is 0.374. The molecule has 0 amide bonds. The van der Waals surface area contributed by atoms with E-state index in [9.17, 15) is 0 Å². The van der Waals surface area contributed by atoms with Crippen LogP contribution in [0.25, 0.3) is 0 Å². The fraction of sp³-hybridized carbons (Fsp3) is 1.00. The molecule has 0 aliphatic carbocycles. The van der Waals surface area contributed by atoms with Gasteiger partial charge in [0.15, 0.2) is 0 Å². The monoisotopic (exact) mass is 161 g/mol. The van der Waals surface area contributed by atoms with Crippen molar-refractivity contribution in [3.05, 3.63) is 0 Å². The molecule has 0 aromatic rings. The Balaban J connectivity index is 0. The van der Waals surface area contributed by atoms with Crippen LogP contribution in [-0.4, -0.2) is 26.2 Å². The Morgan fingerprint density at radius 3 is 1.62 bits per heavy atom. The normalized spacial score (nSPS) is 8.25. The number of hydrogen-bond acceptors (Lipinski definition) is 3. The summed E-state index contributed by atoms with van der Waals surface area (Å²) in [5, 5.41) is 3.03. The molecule has 0 saturated carbocycles. The fourth-order valence-electron chi connectivity index (χ4n) is 0.329. The Morgan fingerprint density at radius 2 is 1.38 bits per heavy atom. The molecule has 0 unspecified atom stereocenters. The van der Waals surface area contributed by atoms with Gasteiger partial charge >= 0.3 is 0 Å². The smallest absolute Gasteiger partial charge is 0.00750 e. The summed E-state index contributed by atoms with van der Waals surface area (Å²) in [5.74, 6) is 0. The van der Waals surface area contributed by atoms with Crippen LogP contribution in [0.1, 0.15) is 0 Å². The first kappa shape index (κ1) is 11.2. The van der Waals surface area contributed by atoms with Crippen molar-refractivity contribution < 1.29 is 16.5 Å². The molecule has 0 bridgehead atoms. The van der Waals surface area contributed by atoms with E-state index < -0.39 is 0 Å². The van der Waals surface area contributed by atoms with Gasteiger partial charge in [-0.25, -0.2) is 0 Å². The van der Waals surface area contributed by atoms with E-state index in [1.54, 1.807) is 0 Å². The Bertz CT molecular complexity index is 30.5. The largest absolute Gasteiger partial charge is 0.329 e. The topological polar surface area (TPSA) is 64.1 Å². The van der Waals surface area contributed by atoms with Gasteiger partial charge in [-0.15, -0.1) is 0 Å². The molecule has 54 valence electrons. The standard InChI is InChI=1S/C4H13N3.Ni/c5-1-3-7-4-2-6;/h7H,1-6H2;. The first-order valence-corrected chi connectivity index (χ1v) is 2.52. The summed E-state index contributed by atoms with van der Waals surface area (Å²) in [4.78, 5) is 0. The van der Waals surface area contributed by atoms with E-state index in [-0.39, 0.29) is 16.5 Å². The van der Waals surface area contributed by atoms with Crippen molar-refractivity contribution in [2.75, 3.05) is 26.2 Å². The van der Waals surface area contributed by atoms with Gasteiger partial charge in [-0.2, -0.15) is 0 Å². The van der Waals surface area contributed by atoms with Gasteiger partial charge in [-0.05, 0) is 0 Å². The minimum Gasteiger partial charge on any atom is -0.329 e. The van der Waals surface area contributed by atoms with Crippen LogP contribution < -0.4 is 16.8 Å². The number of nitrogens with one attached hydrogen (secondary N) is 1. The quantitative estimate of drug-likeness (QED) is 0.347. The molecule has 4 heteroatoms. The summed E-state index contributed by atoms with van der Waals surface area (Å²) < 4.78 is 0. The van der Waals surface area contributed by atoms with Crippen LogP contribution in [0.4, 0.5) is 0 Å². The summed E-state index contributed by atoms with van der Waals surface area (Å²) in [5.41, 5.74) is 10.3. The van der Waals surface area contributed by atoms with Crippen LogP contribution in [0.3, 0.4) is 0 Å². The van der Waals surface area contributed by atoms with E-state index >= 15 is 0 Å². The molecule has 0 heterocycles. The number of nitrogens with two attached hydrogens (primary N) is 2. The first-order chi connectivity index (χ1) is 3.41. The Kier molecular flexibility index (Phi) is 14.5. The number of hydrogen-bond donors (Lipinski definition) is 3. The molecule has 0 radical (unpaired) electrons. The second kappa shape index (κ2) is 10.4. The third-order valence-electron chi connectivity index (χ3n) is 0.642. The zero-order chi connectivity index (χ0) is 5.54. The molecule has 0 fully saturated rings. The van der Waals surface area contributed by atoms with Gasteiger partial charge in [0.2, 0.25) is 0 Å². The van der Waals surface area contributed by atoms with Crippen LogP contribution in [0.15, 0.2) is 0 Å². The van der Waals surface area contributed by atoms with Crippen molar-refractivity contribution >= 4 is 0 Å². The van der Waals surface area contributed by atoms with Crippen molar-refractivity contribution in [2.24, 2.45) is 11.5 Å². The number of rotatable bonds is 4. The molecule has 3 nitrogen and oxygen atoms in total. The van der Waals surface area contributed by atoms with E-state index in [2.05, 4.69) is 5.32 Å². The minimum absolute atomic E-state index is 0. The molecule has 0 aliphatic heterocycles. The van der Waals surface area contributed by atoms with Gasteiger partial charge in [0, 0.05) is 42.7 Å². The van der Waals surface area contributed by atoms with Crippen molar-refractivity contribution in [1.82, 2.24) is 5.32 Å². The molecule has 0 aliphatic rings. The maximum absolute atomic E-state index is 5.17. The molecule has 0 rings (SSSR count). The fourth-order valence-corrected chi connectivity index (χ4v) is 0.329. The zero-order valence-electron chi connectivity index (χ0n) is 4.80. The van der Waals surface area contributed by atoms with Crippen molar-refractivity contribution in [3.63, 3.8) is 0 Å². The van der Waals surface area contributed by atoms with E-state index in [0.29, 0.717) is 13.1 Å². The van der Waals surface area contributed by atoms with Gasteiger partial charge in [0.25, 0.3) is 0 Å². The third-order valence-corrected chi connectivity index (χ3v) is 0.642. The molecule has 0 aromatic carbocycles. The SMILES string of the molecule is NCCNCCN.[Ni]. The summed E-state index contributed by atoms with van der Waals surface area (Å²) in [7, 11) is 0. The first-order valence-electron chi connectivity index (χ1n) is 2.52. The average molecular weight is 162 g/mol. The molecule has 0 atom stereocenters. The van der Waals surface area contributed by atoms with Crippen molar-refractivity contribution in [3.8, 4) is 0 Å². The van der Waals surface area contributed by atoms with Gasteiger partial charge in [-0.1, -0.05) is 0 Å². The maximum Gasteiger partial charge on any atom is 0.00750 e. The molecular weight excluding hydrogens is 149 g/mol. The van der Waals surface area contributed by atoms with E-state index in [1.165, 1.54) is 0 Å². The van der Waals surface area contributed by atoms with Crippen LogP contribution in [0.2, 0.25) is 0 Å². The van der Waals surface area contributed by atoms with Crippen molar-refractivity contribution in [2.45, 2.75) is 0 Å². The molecule has 8 heavy (non-hydrogen) atoms. The van der Waals surface area contributed by atoms with Gasteiger partial charge in [-0.3, -0.25) is 0 Å². The molecular formula is C4H13N3Ni. The van der Waals surface area contributed by atoms with E-state index in [0.717, 1.165) is 13.1 Å². The maximum atomic E-state index is 5.17. The minimum atomic E-state index is 0. The molecule has 0 spiro atoms. The predicted molar refractivity (Wildman–Crippen MR) is 31.0 cm³/mol. The molecule has 0 aromatic heterocycles. The van der Waals surface area contributed by atoms with Crippen LogP contribution in [0, 0.1) is 0 Å². The van der Waals surface area contributed by atoms with E-state index in [1.807, 2.05) is 0 Å². The Labute approximate surface area is 60.1 Å². The second-order valence-corrected chi connectivity index (χ2v) is 1.33. The van der Waals surface area contributed by atoms with E-state index in [4.69, 9.17) is 11.5 Å². The summed E-state index contributed by atoms with van der Waals surface area (Å²) in [6, 6.07) is 0. The van der Waals surface area contributed by atoms with Crippen molar-refractivity contribution in [1.29, 1.82) is 0 Å². The average Bonchev–Trinajstić information content (AvgIpc) is 1.69. The zero-order valence-corrected chi connectivity index (χ0v) is 5.79. The van der Waals surface area contributed by atoms with Gasteiger partial charge < -0.3 is 16.8 Å².